The van der Waals surface area contributed by atoms with E-state index in [1.165, 1.54) is 12.5 Å². The molecule has 1 amide bonds. The van der Waals surface area contributed by atoms with E-state index in [0.29, 0.717) is 35.9 Å². The van der Waals surface area contributed by atoms with Crippen LogP contribution in [0.25, 0.3) is 0 Å². The van der Waals surface area contributed by atoms with Crippen molar-refractivity contribution in [1.29, 1.82) is 0 Å². The summed E-state index contributed by atoms with van der Waals surface area (Å²) in [6, 6.07) is 10.3. The predicted octanol–water partition coefficient (Wildman–Crippen LogP) is 2.60. The van der Waals surface area contributed by atoms with Gasteiger partial charge in [0.1, 0.15) is 6.26 Å². The zero-order valence-electron chi connectivity index (χ0n) is 14.5. The number of fused-ring (bicyclic) bond motifs is 1. The normalized spacial score (nSPS) is 24.2. The summed E-state index contributed by atoms with van der Waals surface area (Å²) in [5.74, 6) is 0.326. The average Bonchev–Trinajstić information content (AvgIpc) is 3.28. The molecular formula is C19H22N2O4S. The summed E-state index contributed by atoms with van der Waals surface area (Å²) >= 11 is 0. The zero-order valence-corrected chi connectivity index (χ0v) is 15.3. The summed E-state index contributed by atoms with van der Waals surface area (Å²) in [4.78, 5) is 14.9. The van der Waals surface area contributed by atoms with Gasteiger partial charge in [0.05, 0.1) is 16.7 Å². The summed E-state index contributed by atoms with van der Waals surface area (Å²) in [7, 11) is -3.48. The van der Waals surface area contributed by atoms with E-state index >= 15 is 0 Å². The highest BCUT2D eigenvalue weighted by molar-refractivity contribution is 7.89. The van der Waals surface area contributed by atoms with Gasteiger partial charge in [-0.05, 0) is 43.4 Å². The Hall–Kier alpha value is -2.12. The summed E-state index contributed by atoms with van der Waals surface area (Å²) in [6.07, 6.45) is 5.35. The SMILES string of the molecule is O=C(c1ccoc1)N1CCC2CCN(S(=O)(=O)c3ccccc3)CCC21. The number of likely N-dealkylation sites (tertiary alicyclic amines) is 1. The Balaban J connectivity index is 1.51. The van der Waals surface area contributed by atoms with Crippen LogP contribution in [-0.2, 0) is 10.0 Å². The van der Waals surface area contributed by atoms with Gasteiger partial charge in [-0.1, -0.05) is 18.2 Å². The molecule has 2 aliphatic rings. The van der Waals surface area contributed by atoms with E-state index in [1.807, 2.05) is 11.0 Å². The van der Waals surface area contributed by atoms with Gasteiger partial charge in [0, 0.05) is 25.7 Å². The molecular weight excluding hydrogens is 352 g/mol. The Morgan fingerprint density at radius 1 is 1.00 bits per heavy atom. The summed E-state index contributed by atoms with van der Waals surface area (Å²) < 4.78 is 32.4. The lowest BCUT2D eigenvalue weighted by atomic mass is 9.95. The second-order valence-corrected chi connectivity index (χ2v) is 8.86. The minimum absolute atomic E-state index is 0.0226. The number of hydrogen-bond donors (Lipinski definition) is 0. The molecule has 7 heteroatoms. The molecule has 2 atom stereocenters. The van der Waals surface area contributed by atoms with Crippen LogP contribution in [0.4, 0.5) is 0 Å². The number of hydrogen-bond acceptors (Lipinski definition) is 4. The van der Waals surface area contributed by atoms with Crippen molar-refractivity contribution in [2.75, 3.05) is 19.6 Å². The van der Waals surface area contributed by atoms with Crippen LogP contribution in [0.3, 0.4) is 0 Å². The molecule has 138 valence electrons. The first-order valence-corrected chi connectivity index (χ1v) is 10.4. The number of furan rings is 1. The van der Waals surface area contributed by atoms with Crippen LogP contribution in [0.1, 0.15) is 29.6 Å². The van der Waals surface area contributed by atoms with E-state index in [9.17, 15) is 13.2 Å². The molecule has 0 N–H and O–H groups in total. The van der Waals surface area contributed by atoms with E-state index < -0.39 is 10.0 Å². The molecule has 2 saturated heterocycles. The van der Waals surface area contributed by atoms with Gasteiger partial charge in [0.2, 0.25) is 10.0 Å². The number of nitrogens with zero attached hydrogens (tertiary/aromatic N) is 2. The largest absolute Gasteiger partial charge is 0.472 e. The van der Waals surface area contributed by atoms with E-state index in [2.05, 4.69) is 0 Å². The average molecular weight is 374 g/mol. The molecule has 26 heavy (non-hydrogen) atoms. The van der Waals surface area contributed by atoms with Crippen molar-refractivity contribution in [3.8, 4) is 0 Å². The molecule has 6 nitrogen and oxygen atoms in total. The lowest BCUT2D eigenvalue weighted by Gasteiger charge is -2.26. The highest BCUT2D eigenvalue weighted by Gasteiger charge is 2.40. The maximum absolute atomic E-state index is 12.9. The van der Waals surface area contributed by atoms with Crippen molar-refractivity contribution >= 4 is 15.9 Å². The van der Waals surface area contributed by atoms with Gasteiger partial charge in [-0.15, -0.1) is 0 Å². The maximum Gasteiger partial charge on any atom is 0.257 e. The fraction of sp³-hybridized carbons (Fsp3) is 0.421. The van der Waals surface area contributed by atoms with Crippen LogP contribution in [0, 0.1) is 5.92 Å². The van der Waals surface area contributed by atoms with E-state index in [4.69, 9.17) is 4.42 Å². The monoisotopic (exact) mass is 374 g/mol. The zero-order chi connectivity index (χ0) is 18.1. The highest BCUT2D eigenvalue weighted by Crippen LogP contribution is 2.34. The molecule has 3 heterocycles. The standard InChI is InChI=1S/C19H22N2O4S/c22-19(16-9-13-25-14-16)21-12-7-15-6-10-20(11-8-18(15)21)26(23,24)17-4-2-1-3-5-17/h1-5,9,13-15,18H,6-8,10-12H2. The molecule has 2 unspecified atom stereocenters. The van der Waals surface area contributed by atoms with E-state index in [0.717, 1.165) is 19.4 Å². The molecule has 0 spiro atoms. The second kappa shape index (κ2) is 6.89. The van der Waals surface area contributed by atoms with Crippen molar-refractivity contribution in [3.05, 3.63) is 54.5 Å². The molecule has 1 aromatic heterocycles. The number of amides is 1. The third kappa shape index (κ3) is 3.05. The van der Waals surface area contributed by atoms with Gasteiger partial charge >= 0.3 is 0 Å². The van der Waals surface area contributed by atoms with Crippen molar-refractivity contribution < 1.29 is 17.6 Å². The molecule has 1 aromatic carbocycles. The number of carbonyl (C=O) groups is 1. The quantitative estimate of drug-likeness (QED) is 0.828. The Bertz CT molecular complexity index is 864. The smallest absolute Gasteiger partial charge is 0.257 e. The third-order valence-electron chi connectivity index (χ3n) is 5.52. The molecule has 4 rings (SSSR count). The first-order valence-electron chi connectivity index (χ1n) is 8.96. The lowest BCUT2D eigenvalue weighted by Crippen LogP contribution is -2.39. The number of benzene rings is 1. The Morgan fingerprint density at radius 3 is 2.46 bits per heavy atom. The van der Waals surface area contributed by atoms with Crippen LogP contribution in [-0.4, -0.2) is 49.2 Å². The number of sulfonamides is 1. The molecule has 2 aromatic rings. The van der Waals surface area contributed by atoms with Crippen molar-refractivity contribution in [2.24, 2.45) is 5.92 Å². The van der Waals surface area contributed by atoms with Crippen LogP contribution < -0.4 is 0 Å². The van der Waals surface area contributed by atoms with Crippen LogP contribution in [0.15, 0.2) is 58.2 Å². The summed E-state index contributed by atoms with van der Waals surface area (Å²) in [5.41, 5.74) is 0.559. The molecule has 0 saturated carbocycles. The van der Waals surface area contributed by atoms with Crippen molar-refractivity contribution in [1.82, 2.24) is 9.21 Å². The number of rotatable bonds is 3. The first-order chi connectivity index (χ1) is 12.6. The fourth-order valence-corrected chi connectivity index (χ4v) is 5.62. The molecule has 2 aliphatic heterocycles. The second-order valence-electron chi connectivity index (χ2n) is 6.92. The first kappa shape index (κ1) is 17.3. The lowest BCUT2D eigenvalue weighted by molar-refractivity contribution is 0.0713. The topological polar surface area (TPSA) is 70.8 Å². The van der Waals surface area contributed by atoms with Gasteiger partial charge in [-0.2, -0.15) is 4.31 Å². The van der Waals surface area contributed by atoms with E-state index in [-0.39, 0.29) is 11.9 Å². The fourth-order valence-electron chi connectivity index (χ4n) is 4.13. The van der Waals surface area contributed by atoms with Crippen molar-refractivity contribution in [3.63, 3.8) is 0 Å². The predicted molar refractivity (Wildman–Crippen MR) is 96.1 cm³/mol. The maximum atomic E-state index is 12.9. The Kier molecular flexibility index (Phi) is 4.58. The molecule has 0 bridgehead atoms. The number of carbonyl (C=O) groups excluding carboxylic acids is 1. The van der Waals surface area contributed by atoms with Gasteiger partial charge < -0.3 is 9.32 Å². The third-order valence-corrected chi connectivity index (χ3v) is 7.43. The Labute approximate surface area is 153 Å². The highest BCUT2D eigenvalue weighted by atomic mass is 32.2. The van der Waals surface area contributed by atoms with Crippen LogP contribution >= 0.6 is 0 Å². The minimum Gasteiger partial charge on any atom is -0.472 e. The minimum atomic E-state index is -3.48. The van der Waals surface area contributed by atoms with Gasteiger partial charge in [0.25, 0.3) is 5.91 Å². The molecule has 0 radical (unpaired) electrons. The van der Waals surface area contributed by atoms with Gasteiger partial charge in [0.15, 0.2) is 0 Å². The van der Waals surface area contributed by atoms with Crippen LogP contribution in [0.2, 0.25) is 0 Å². The summed E-state index contributed by atoms with van der Waals surface area (Å²) in [6.45, 7) is 1.67. The van der Waals surface area contributed by atoms with Gasteiger partial charge in [-0.25, -0.2) is 8.42 Å². The molecule has 0 aliphatic carbocycles. The van der Waals surface area contributed by atoms with Gasteiger partial charge in [-0.3, -0.25) is 4.79 Å². The van der Waals surface area contributed by atoms with Crippen LogP contribution in [0.5, 0.6) is 0 Å². The Morgan fingerprint density at radius 2 is 1.73 bits per heavy atom. The molecule has 2 fully saturated rings. The summed E-state index contributed by atoms with van der Waals surface area (Å²) in [5, 5.41) is 0. The van der Waals surface area contributed by atoms with Crippen molar-refractivity contribution in [2.45, 2.75) is 30.2 Å². The van der Waals surface area contributed by atoms with E-state index in [1.54, 1.807) is 34.6 Å².